The first-order valence-electron chi connectivity index (χ1n) is 17.2. The molecule has 4 fully saturated rings. The Balaban J connectivity index is 1.48. The van der Waals surface area contributed by atoms with Crippen LogP contribution in [-0.4, -0.2) is 84.0 Å². The van der Waals surface area contributed by atoms with Crippen molar-refractivity contribution < 1.29 is 38.2 Å². The quantitative estimate of drug-likeness (QED) is 0.171. The lowest BCUT2D eigenvalue weighted by Crippen LogP contribution is -2.63. The number of primary amides is 1. The SMILES string of the molecule is CC(C)COC(=O)OCC1(NC(=O)N[C@H](C(=O)N2C[C@H]3[C@@H]([C@H]2C(=O)NC(CC2CC2)C(=O)C(N)=O)C3(C)C)C(C)(C)C)CCCCC1. The molecule has 5 atom stereocenters. The predicted molar refractivity (Wildman–Crippen MR) is 173 cm³/mol. The van der Waals surface area contributed by atoms with Crippen LogP contribution >= 0.6 is 0 Å². The number of urea groups is 1. The number of rotatable bonds is 13. The molecule has 5 amide bonds. The zero-order valence-corrected chi connectivity index (χ0v) is 29.1. The van der Waals surface area contributed by atoms with E-state index in [0.29, 0.717) is 25.8 Å². The molecule has 3 aliphatic carbocycles. The predicted octanol–water partition coefficient (Wildman–Crippen LogP) is 3.03. The fourth-order valence-corrected chi connectivity index (χ4v) is 7.39. The highest BCUT2D eigenvalue weighted by Crippen LogP contribution is 2.65. The Bertz CT molecular complexity index is 1230. The van der Waals surface area contributed by atoms with E-state index in [4.69, 9.17) is 15.2 Å². The molecule has 1 heterocycles. The molecule has 0 aromatic heterocycles. The summed E-state index contributed by atoms with van der Waals surface area (Å²) in [5.41, 5.74) is 3.57. The van der Waals surface area contributed by atoms with Gasteiger partial charge in [-0.2, -0.15) is 0 Å². The molecule has 13 heteroatoms. The lowest BCUT2D eigenvalue weighted by atomic mass is 9.82. The number of nitrogens with one attached hydrogen (secondary N) is 3. The van der Waals surface area contributed by atoms with E-state index in [9.17, 15) is 28.8 Å². The average molecular weight is 662 g/mol. The second kappa shape index (κ2) is 14.0. The minimum Gasteiger partial charge on any atom is -0.434 e. The van der Waals surface area contributed by atoms with E-state index in [1.54, 1.807) is 0 Å². The highest BCUT2D eigenvalue weighted by molar-refractivity contribution is 6.37. The Kier molecular flexibility index (Phi) is 10.9. The normalized spacial score (nSPS) is 25.5. The fourth-order valence-electron chi connectivity index (χ4n) is 7.39. The summed E-state index contributed by atoms with van der Waals surface area (Å²) in [4.78, 5) is 80.0. The summed E-state index contributed by atoms with van der Waals surface area (Å²) >= 11 is 0. The van der Waals surface area contributed by atoms with Gasteiger partial charge in [0.1, 0.15) is 18.7 Å². The van der Waals surface area contributed by atoms with Gasteiger partial charge in [-0.05, 0) is 53.8 Å². The zero-order chi connectivity index (χ0) is 34.9. The molecule has 0 spiro atoms. The number of hydrogen-bond acceptors (Lipinski definition) is 8. The summed E-state index contributed by atoms with van der Waals surface area (Å²) < 4.78 is 10.6. The maximum Gasteiger partial charge on any atom is 0.508 e. The van der Waals surface area contributed by atoms with Crippen LogP contribution in [0, 0.1) is 34.5 Å². The summed E-state index contributed by atoms with van der Waals surface area (Å²) in [5.74, 6) is -2.50. The number of amides is 5. The Hall–Kier alpha value is -3.38. The summed E-state index contributed by atoms with van der Waals surface area (Å²) in [7, 11) is 0. The molecule has 0 bridgehead atoms. The van der Waals surface area contributed by atoms with Crippen LogP contribution in [0.4, 0.5) is 9.59 Å². The Morgan fingerprint density at radius 3 is 2.15 bits per heavy atom. The van der Waals surface area contributed by atoms with Crippen LogP contribution in [0.2, 0.25) is 0 Å². The van der Waals surface area contributed by atoms with Crippen molar-refractivity contribution in [2.24, 2.45) is 40.2 Å². The van der Waals surface area contributed by atoms with Gasteiger partial charge in [-0.3, -0.25) is 19.2 Å². The van der Waals surface area contributed by atoms with E-state index in [0.717, 1.165) is 32.1 Å². The maximum atomic E-state index is 14.3. The van der Waals surface area contributed by atoms with Gasteiger partial charge in [0.25, 0.3) is 5.91 Å². The molecule has 3 saturated carbocycles. The van der Waals surface area contributed by atoms with Gasteiger partial charge in [-0.25, -0.2) is 9.59 Å². The first-order valence-corrected chi connectivity index (χ1v) is 17.2. The van der Waals surface area contributed by atoms with Crippen molar-refractivity contribution >= 4 is 35.7 Å². The number of ketones is 1. The Morgan fingerprint density at radius 2 is 1.60 bits per heavy atom. The first-order chi connectivity index (χ1) is 21.9. The standard InChI is InChI=1S/C34H55N5O8/c1-19(2)17-46-31(45)47-18-34(13-9-8-10-14-34)38-30(44)37-26(32(3,4)5)29(43)39-16-21-23(33(21,6)7)24(39)28(42)36-22(15-20-11-12-20)25(40)27(35)41/h19-24,26H,8-18H2,1-7H3,(H2,35,41)(H,36,42)(H2,37,38,44)/t21-,22?,23-,24-,26+/m0/s1. The first kappa shape index (κ1) is 36.5. The average Bonchev–Trinajstić information content (AvgIpc) is 3.84. The van der Waals surface area contributed by atoms with Gasteiger partial charge in [-0.15, -0.1) is 0 Å². The number of Topliss-reactive ketones (excluding diaryl/α,β-unsaturated/α-hetero) is 1. The third kappa shape index (κ3) is 8.76. The Morgan fingerprint density at radius 1 is 0.957 bits per heavy atom. The van der Waals surface area contributed by atoms with Crippen molar-refractivity contribution in [1.82, 2.24) is 20.9 Å². The van der Waals surface area contributed by atoms with Gasteiger partial charge in [0, 0.05) is 6.54 Å². The third-order valence-electron chi connectivity index (χ3n) is 10.5. The topological polar surface area (TPSA) is 186 Å². The lowest BCUT2D eigenvalue weighted by Gasteiger charge is -2.40. The molecule has 5 N–H and O–H groups in total. The smallest absolute Gasteiger partial charge is 0.434 e. The van der Waals surface area contributed by atoms with Gasteiger partial charge < -0.3 is 36.1 Å². The number of likely N-dealkylation sites (tertiary alicyclic amines) is 1. The molecule has 13 nitrogen and oxygen atoms in total. The van der Waals surface area contributed by atoms with E-state index < -0.39 is 64.8 Å². The highest BCUT2D eigenvalue weighted by atomic mass is 16.7. The molecular weight excluding hydrogens is 606 g/mol. The van der Waals surface area contributed by atoms with Crippen molar-refractivity contribution in [2.75, 3.05) is 19.8 Å². The highest BCUT2D eigenvalue weighted by Gasteiger charge is 2.70. The molecule has 0 aromatic carbocycles. The summed E-state index contributed by atoms with van der Waals surface area (Å²) in [6.07, 6.45) is 5.27. The second-order valence-corrected chi connectivity index (χ2v) is 16.3. The van der Waals surface area contributed by atoms with Crippen LogP contribution in [0.5, 0.6) is 0 Å². The van der Waals surface area contributed by atoms with Gasteiger partial charge in [0.05, 0.1) is 18.2 Å². The largest absolute Gasteiger partial charge is 0.508 e. The number of nitrogens with zero attached hydrogens (tertiary/aromatic N) is 1. The lowest BCUT2D eigenvalue weighted by molar-refractivity contribution is -0.145. The van der Waals surface area contributed by atoms with Crippen LogP contribution < -0.4 is 21.7 Å². The minimum atomic E-state index is -1.10. The molecule has 1 unspecified atom stereocenters. The molecule has 0 aromatic rings. The van der Waals surface area contributed by atoms with E-state index in [-0.39, 0.29) is 42.3 Å². The molecule has 1 aliphatic heterocycles. The number of fused-ring (bicyclic) bond motifs is 1. The van der Waals surface area contributed by atoms with E-state index >= 15 is 0 Å². The van der Waals surface area contributed by atoms with Gasteiger partial charge >= 0.3 is 12.2 Å². The summed E-state index contributed by atoms with van der Waals surface area (Å²) in [5, 5.41) is 8.69. The van der Waals surface area contributed by atoms with Gasteiger partial charge in [0.2, 0.25) is 17.6 Å². The van der Waals surface area contributed by atoms with Crippen LogP contribution in [0.25, 0.3) is 0 Å². The number of piperidine rings is 1. The van der Waals surface area contributed by atoms with Crippen LogP contribution in [-0.2, 0) is 28.7 Å². The van der Waals surface area contributed by atoms with Crippen LogP contribution in [0.3, 0.4) is 0 Å². The van der Waals surface area contributed by atoms with Gasteiger partial charge in [0.15, 0.2) is 0 Å². The Labute approximate surface area is 278 Å². The van der Waals surface area contributed by atoms with Crippen LogP contribution in [0.1, 0.15) is 99.8 Å². The molecule has 1 saturated heterocycles. The van der Waals surface area contributed by atoms with Crippen molar-refractivity contribution in [3.8, 4) is 0 Å². The zero-order valence-electron chi connectivity index (χ0n) is 29.1. The van der Waals surface area contributed by atoms with Crippen molar-refractivity contribution in [3.05, 3.63) is 0 Å². The molecular formula is C34H55N5O8. The fraction of sp³-hybridized carbons (Fsp3) is 0.824. The molecule has 4 rings (SSSR count). The number of carbonyl (C=O) groups excluding carboxylic acids is 6. The van der Waals surface area contributed by atoms with E-state index in [2.05, 4.69) is 29.8 Å². The van der Waals surface area contributed by atoms with Crippen molar-refractivity contribution in [3.63, 3.8) is 0 Å². The number of ether oxygens (including phenoxy) is 2. The maximum absolute atomic E-state index is 14.3. The van der Waals surface area contributed by atoms with Crippen molar-refractivity contribution in [2.45, 2.75) is 123 Å². The molecule has 47 heavy (non-hydrogen) atoms. The molecule has 4 aliphatic rings. The molecule has 264 valence electrons. The summed E-state index contributed by atoms with van der Waals surface area (Å²) in [6.45, 7) is 14.0. The number of nitrogens with two attached hydrogens (primary N) is 1. The van der Waals surface area contributed by atoms with E-state index in [1.165, 1.54) is 4.90 Å². The number of hydrogen-bond donors (Lipinski definition) is 4. The van der Waals surface area contributed by atoms with E-state index in [1.807, 2.05) is 34.6 Å². The minimum absolute atomic E-state index is 0.0513. The monoisotopic (exact) mass is 661 g/mol. The van der Waals surface area contributed by atoms with Gasteiger partial charge in [-0.1, -0.05) is 80.6 Å². The van der Waals surface area contributed by atoms with Crippen LogP contribution in [0.15, 0.2) is 0 Å². The summed E-state index contributed by atoms with van der Waals surface area (Å²) in [6, 6.07) is -3.47. The third-order valence-corrected chi connectivity index (χ3v) is 10.5. The molecule has 0 radical (unpaired) electrons. The number of carbonyl (C=O) groups is 6. The van der Waals surface area contributed by atoms with Crippen molar-refractivity contribution in [1.29, 1.82) is 0 Å². The second-order valence-electron chi connectivity index (χ2n) is 16.3.